The van der Waals surface area contributed by atoms with Crippen molar-refractivity contribution in [2.75, 3.05) is 18.4 Å². The molecular formula is C17H21N5O. The van der Waals surface area contributed by atoms with Crippen LogP contribution in [0.15, 0.2) is 36.8 Å². The van der Waals surface area contributed by atoms with Crippen molar-refractivity contribution in [3.05, 3.63) is 36.8 Å². The van der Waals surface area contributed by atoms with Crippen LogP contribution in [0.4, 0.5) is 5.69 Å². The molecular weight excluding hydrogens is 290 g/mol. The fourth-order valence-corrected chi connectivity index (χ4v) is 3.95. The third kappa shape index (κ3) is 2.53. The van der Waals surface area contributed by atoms with Gasteiger partial charge in [-0.1, -0.05) is 12.8 Å². The van der Waals surface area contributed by atoms with Crippen LogP contribution in [0.1, 0.15) is 25.7 Å². The maximum absolute atomic E-state index is 12.9. The Balaban J connectivity index is 1.50. The molecule has 1 amide bonds. The lowest BCUT2D eigenvalue weighted by molar-refractivity contribution is -0.128. The Bertz CT molecular complexity index is 682. The normalized spacial score (nSPS) is 26.7. The summed E-state index contributed by atoms with van der Waals surface area (Å²) in [6, 6.07) is 5.61. The second-order valence-electron chi connectivity index (χ2n) is 6.54. The number of carbonyl (C=O) groups is 1. The third-order valence-corrected chi connectivity index (χ3v) is 5.24. The number of carbonyl (C=O) groups excluding carboxylic acids is 1. The number of pyridine rings is 1. The molecule has 1 saturated heterocycles. The van der Waals surface area contributed by atoms with Gasteiger partial charge in [-0.2, -0.15) is 5.10 Å². The number of anilines is 1. The van der Waals surface area contributed by atoms with Crippen LogP contribution in [0.2, 0.25) is 0 Å². The Labute approximate surface area is 135 Å². The maximum Gasteiger partial charge on any atom is 0.232 e. The first-order chi connectivity index (χ1) is 11.3. The summed E-state index contributed by atoms with van der Waals surface area (Å²) in [5.74, 6) is 1.35. The van der Waals surface area contributed by atoms with Gasteiger partial charge in [-0.15, -0.1) is 0 Å². The van der Waals surface area contributed by atoms with E-state index in [2.05, 4.69) is 20.7 Å². The smallest absolute Gasteiger partial charge is 0.232 e. The van der Waals surface area contributed by atoms with Gasteiger partial charge in [0.15, 0.2) is 5.82 Å². The van der Waals surface area contributed by atoms with Gasteiger partial charge >= 0.3 is 0 Å². The Hall–Kier alpha value is -2.21. The van der Waals surface area contributed by atoms with Crippen LogP contribution in [0.5, 0.6) is 0 Å². The lowest BCUT2D eigenvalue weighted by Crippen LogP contribution is -2.44. The van der Waals surface area contributed by atoms with E-state index in [9.17, 15) is 4.79 Å². The minimum Gasteiger partial charge on any atom is -0.324 e. The number of fused-ring (bicyclic) bond motifs is 1. The van der Waals surface area contributed by atoms with Crippen molar-refractivity contribution in [3.8, 4) is 5.82 Å². The summed E-state index contributed by atoms with van der Waals surface area (Å²) in [6.07, 6.45) is 9.77. The molecule has 2 aromatic rings. The molecule has 2 aromatic heterocycles. The van der Waals surface area contributed by atoms with Gasteiger partial charge in [0.1, 0.15) is 0 Å². The van der Waals surface area contributed by atoms with Gasteiger partial charge in [-0.25, -0.2) is 9.67 Å². The summed E-state index contributed by atoms with van der Waals surface area (Å²) in [4.78, 5) is 17.3. The van der Waals surface area contributed by atoms with Gasteiger partial charge in [-0.3, -0.25) is 4.79 Å². The van der Waals surface area contributed by atoms with Crippen molar-refractivity contribution in [1.82, 2.24) is 20.1 Å². The Morgan fingerprint density at radius 2 is 2.35 bits per heavy atom. The Kier molecular flexibility index (Phi) is 3.61. The van der Waals surface area contributed by atoms with Gasteiger partial charge in [-0.05, 0) is 43.5 Å². The zero-order valence-corrected chi connectivity index (χ0v) is 13.0. The number of aromatic nitrogens is 3. The number of nitrogens with zero attached hydrogens (tertiary/aromatic N) is 3. The number of amides is 1. The molecule has 0 bridgehead atoms. The van der Waals surface area contributed by atoms with E-state index in [4.69, 9.17) is 0 Å². The molecule has 0 spiro atoms. The molecule has 2 aliphatic rings. The molecule has 6 nitrogen and oxygen atoms in total. The van der Waals surface area contributed by atoms with E-state index in [1.165, 1.54) is 6.42 Å². The van der Waals surface area contributed by atoms with Crippen LogP contribution in [-0.2, 0) is 4.79 Å². The summed E-state index contributed by atoms with van der Waals surface area (Å²) in [6.45, 7) is 1.76. The van der Waals surface area contributed by atoms with Crippen molar-refractivity contribution in [3.63, 3.8) is 0 Å². The van der Waals surface area contributed by atoms with E-state index in [0.29, 0.717) is 5.92 Å². The largest absolute Gasteiger partial charge is 0.324 e. The van der Waals surface area contributed by atoms with Gasteiger partial charge in [0.2, 0.25) is 5.91 Å². The lowest BCUT2D eigenvalue weighted by atomic mass is 9.67. The van der Waals surface area contributed by atoms with Crippen LogP contribution >= 0.6 is 0 Å². The van der Waals surface area contributed by atoms with E-state index in [1.807, 2.05) is 24.4 Å². The molecule has 0 aromatic carbocycles. The highest BCUT2D eigenvalue weighted by atomic mass is 16.2. The first-order valence-electron chi connectivity index (χ1n) is 8.26. The second kappa shape index (κ2) is 5.77. The molecule has 1 aliphatic carbocycles. The van der Waals surface area contributed by atoms with Crippen molar-refractivity contribution in [1.29, 1.82) is 0 Å². The molecule has 6 heteroatoms. The number of hydrogen-bond acceptors (Lipinski definition) is 4. The summed E-state index contributed by atoms with van der Waals surface area (Å²) in [7, 11) is 0. The van der Waals surface area contributed by atoms with Crippen molar-refractivity contribution >= 4 is 11.6 Å². The Morgan fingerprint density at radius 1 is 1.39 bits per heavy atom. The van der Waals surface area contributed by atoms with Crippen LogP contribution in [0.3, 0.4) is 0 Å². The molecule has 0 unspecified atom stereocenters. The standard InChI is InChI=1S/C17H21N5O/c23-16(17-7-2-1-4-13(17)10-18-12-17)21-14-5-6-15(19-11-14)22-9-3-8-20-22/h3,5-6,8-9,11,13,18H,1-2,4,7,10,12H2,(H,21,23)/t13-,17+/m0/s1. The molecule has 1 aliphatic heterocycles. The molecule has 2 atom stereocenters. The molecule has 3 heterocycles. The van der Waals surface area contributed by atoms with Gasteiger partial charge in [0.05, 0.1) is 17.3 Å². The van der Waals surface area contributed by atoms with E-state index >= 15 is 0 Å². The van der Waals surface area contributed by atoms with Crippen molar-refractivity contribution < 1.29 is 4.79 Å². The van der Waals surface area contributed by atoms with E-state index in [-0.39, 0.29) is 11.3 Å². The van der Waals surface area contributed by atoms with E-state index in [1.54, 1.807) is 17.1 Å². The highest BCUT2D eigenvalue weighted by Gasteiger charge is 2.49. The number of hydrogen-bond donors (Lipinski definition) is 2. The average molecular weight is 311 g/mol. The van der Waals surface area contributed by atoms with Gasteiger partial charge in [0.25, 0.3) is 0 Å². The first-order valence-corrected chi connectivity index (χ1v) is 8.26. The van der Waals surface area contributed by atoms with Crippen LogP contribution in [0.25, 0.3) is 5.82 Å². The molecule has 4 rings (SSSR count). The molecule has 2 fully saturated rings. The lowest BCUT2D eigenvalue weighted by Gasteiger charge is -2.37. The summed E-state index contributed by atoms with van der Waals surface area (Å²) >= 11 is 0. The minimum atomic E-state index is -0.237. The zero-order valence-electron chi connectivity index (χ0n) is 13.0. The first kappa shape index (κ1) is 14.4. The number of nitrogens with one attached hydrogen (secondary N) is 2. The van der Waals surface area contributed by atoms with Crippen LogP contribution in [-0.4, -0.2) is 33.8 Å². The fraction of sp³-hybridized carbons (Fsp3) is 0.471. The van der Waals surface area contributed by atoms with E-state index in [0.717, 1.165) is 43.9 Å². The molecule has 0 radical (unpaired) electrons. The average Bonchev–Trinajstić information content (AvgIpc) is 3.25. The predicted molar refractivity (Wildman–Crippen MR) is 87.2 cm³/mol. The minimum absolute atomic E-state index is 0.140. The Morgan fingerprint density at radius 3 is 3.13 bits per heavy atom. The highest BCUT2D eigenvalue weighted by molar-refractivity contribution is 5.96. The monoisotopic (exact) mass is 311 g/mol. The quantitative estimate of drug-likeness (QED) is 0.909. The molecule has 23 heavy (non-hydrogen) atoms. The summed E-state index contributed by atoms with van der Waals surface area (Å²) in [5.41, 5.74) is 0.510. The maximum atomic E-state index is 12.9. The van der Waals surface area contributed by atoms with E-state index < -0.39 is 0 Å². The summed E-state index contributed by atoms with van der Waals surface area (Å²) in [5, 5.41) is 10.6. The number of rotatable bonds is 3. The zero-order chi connectivity index (χ0) is 15.7. The van der Waals surface area contributed by atoms with Crippen molar-refractivity contribution in [2.24, 2.45) is 11.3 Å². The van der Waals surface area contributed by atoms with Crippen LogP contribution in [0, 0.1) is 11.3 Å². The predicted octanol–water partition coefficient (Wildman–Crippen LogP) is 1.99. The molecule has 1 saturated carbocycles. The van der Waals surface area contributed by atoms with Gasteiger partial charge < -0.3 is 10.6 Å². The molecule has 120 valence electrons. The van der Waals surface area contributed by atoms with Gasteiger partial charge in [0, 0.05) is 18.9 Å². The van der Waals surface area contributed by atoms with Crippen LogP contribution < -0.4 is 10.6 Å². The molecule has 2 N–H and O–H groups in total. The highest BCUT2D eigenvalue weighted by Crippen LogP contribution is 2.44. The van der Waals surface area contributed by atoms with Crippen molar-refractivity contribution in [2.45, 2.75) is 25.7 Å². The summed E-state index contributed by atoms with van der Waals surface area (Å²) < 4.78 is 1.70. The SMILES string of the molecule is O=C(Nc1ccc(-n2cccn2)nc1)[C@@]12CCCC[C@H]1CNC2. The topological polar surface area (TPSA) is 71.8 Å². The second-order valence-corrected chi connectivity index (χ2v) is 6.54. The third-order valence-electron chi connectivity index (χ3n) is 5.24. The fourth-order valence-electron chi connectivity index (χ4n) is 3.95.